The van der Waals surface area contributed by atoms with Crippen molar-refractivity contribution in [3.8, 4) is 0 Å². The Morgan fingerprint density at radius 3 is 1.72 bits per heavy atom. The Bertz CT molecular complexity index is 1620. The lowest BCUT2D eigenvalue weighted by molar-refractivity contribution is -0.165. The number of aromatic nitrogens is 4. The number of ether oxygens (including phenoxy) is 12. The van der Waals surface area contributed by atoms with Crippen molar-refractivity contribution in [2.24, 2.45) is 5.11 Å². The van der Waals surface area contributed by atoms with Gasteiger partial charge < -0.3 is 77.4 Å². The number of carbonyl (C=O) groups excluding carboxylic acids is 1. The van der Waals surface area contributed by atoms with Gasteiger partial charge in [0.15, 0.2) is 25.5 Å². The first-order valence-corrected chi connectivity index (χ1v) is 24.9. The summed E-state index contributed by atoms with van der Waals surface area (Å²) in [7, 11) is -2.45. The SMILES string of the molecule is CC(C)(C)[Si](C)(C)O[C@@H]1C(CO)OC[C@]1(OCC(=O)NCCOCCOCCOCCOCCOCCOCCOCCOCCOCCOCCN=[N+]=[N-])n1cnc2c(N)ncnc21. The van der Waals surface area contributed by atoms with Crippen LogP contribution in [0.4, 0.5) is 5.82 Å². The van der Waals surface area contributed by atoms with E-state index in [9.17, 15) is 9.90 Å². The van der Waals surface area contributed by atoms with Crippen LogP contribution in [0, 0.1) is 0 Å². The molecule has 0 spiro atoms. The standard InChI is InChI=1S/C40H73N9O15Si/c1-39(2,3)65(4,5)64-36-33(28-50)62-30-40(36,49-32-46-35-37(41)44-31-45-38(35)49)63-29-34(51)43-6-8-52-10-12-54-14-16-56-18-20-58-22-24-60-26-27-61-25-23-59-21-19-57-17-15-55-13-11-53-9-7-47-48-42/h31-33,36,50H,6-30H2,1-5H3,(H,43,51)(H2,41,44,45)/t33?,36-,40-/m1/s1. The first-order chi connectivity index (χ1) is 31.5. The minimum absolute atomic E-state index is 0.0328. The number of amides is 1. The van der Waals surface area contributed by atoms with E-state index in [-0.39, 0.29) is 49.7 Å². The zero-order chi connectivity index (χ0) is 47.1. The molecule has 1 aliphatic rings. The van der Waals surface area contributed by atoms with Gasteiger partial charge in [0.05, 0.1) is 152 Å². The molecule has 0 radical (unpaired) electrons. The van der Waals surface area contributed by atoms with Gasteiger partial charge in [0.1, 0.15) is 30.7 Å². The van der Waals surface area contributed by atoms with Gasteiger partial charge in [-0.05, 0) is 23.7 Å². The second-order valence-electron chi connectivity index (χ2n) is 15.9. The molecule has 65 heavy (non-hydrogen) atoms. The van der Waals surface area contributed by atoms with Crippen molar-refractivity contribution in [3.05, 3.63) is 23.1 Å². The number of aliphatic hydroxyl groups is 1. The fraction of sp³-hybridized carbons (Fsp3) is 0.850. The Labute approximate surface area is 382 Å². The summed E-state index contributed by atoms with van der Waals surface area (Å²) < 4.78 is 75.7. The average Bonchev–Trinajstić information content (AvgIpc) is 3.87. The van der Waals surface area contributed by atoms with Gasteiger partial charge in [0.25, 0.3) is 0 Å². The topological polar surface area (TPSA) is 288 Å². The van der Waals surface area contributed by atoms with E-state index in [0.29, 0.717) is 143 Å². The maximum absolute atomic E-state index is 13.0. The lowest BCUT2D eigenvalue weighted by atomic mass is 10.1. The second-order valence-corrected chi connectivity index (χ2v) is 20.7. The summed E-state index contributed by atoms with van der Waals surface area (Å²) in [5.74, 6) is -0.184. The Morgan fingerprint density at radius 2 is 1.28 bits per heavy atom. The van der Waals surface area contributed by atoms with Gasteiger partial charge in [-0.3, -0.25) is 9.36 Å². The molecule has 4 N–H and O–H groups in total. The van der Waals surface area contributed by atoms with Gasteiger partial charge in [0.2, 0.25) is 5.91 Å². The molecule has 0 bridgehead atoms. The normalized spacial score (nSPS) is 17.8. The number of anilines is 1. The van der Waals surface area contributed by atoms with Gasteiger partial charge in [-0.25, -0.2) is 15.0 Å². The molecule has 2 aromatic rings. The quantitative estimate of drug-likeness (QED) is 0.0280. The van der Waals surface area contributed by atoms with Crippen LogP contribution in [-0.2, 0) is 71.8 Å². The Kier molecular flexibility index (Phi) is 28.0. The van der Waals surface area contributed by atoms with E-state index in [0.717, 1.165) is 0 Å². The fourth-order valence-electron chi connectivity index (χ4n) is 5.76. The highest BCUT2D eigenvalue weighted by Gasteiger charge is 2.57. The number of aliphatic hydroxyl groups excluding tert-OH is 1. The molecular weight excluding hydrogens is 875 g/mol. The third kappa shape index (κ3) is 21.1. The number of carbonyl (C=O) groups is 1. The highest BCUT2D eigenvalue weighted by Crippen LogP contribution is 2.44. The monoisotopic (exact) mass is 947 g/mol. The molecule has 3 atom stereocenters. The molecule has 3 rings (SSSR count). The summed E-state index contributed by atoms with van der Waals surface area (Å²) in [4.78, 5) is 28.6. The molecule has 2 aromatic heterocycles. The zero-order valence-electron chi connectivity index (χ0n) is 38.9. The highest BCUT2D eigenvalue weighted by molar-refractivity contribution is 6.74. The maximum atomic E-state index is 13.0. The lowest BCUT2D eigenvalue weighted by Crippen LogP contribution is -2.57. The molecule has 24 nitrogen and oxygen atoms in total. The van der Waals surface area contributed by atoms with Crippen LogP contribution in [0.5, 0.6) is 0 Å². The summed E-state index contributed by atoms with van der Waals surface area (Å²) in [6.07, 6.45) is 1.33. The first-order valence-electron chi connectivity index (χ1n) is 22.0. The van der Waals surface area contributed by atoms with Gasteiger partial charge in [-0.2, -0.15) is 0 Å². The number of hydrogen-bond donors (Lipinski definition) is 3. The zero-order valence-corrected chi connectivity index (χ0v) is 39.9. The van der Waals surface area contributed by atoms with Crippen molar-refractivity contribution in [1.29, 1.82) is 0 Å². The van der Waals surface area contributed by atoms with Gasteiger partial charge in [0, 0.05) is 18.0 Å². The van der Waals surface area contributed by atoms with E-state index in [2.05, 4.69) is 64.2 Å². The predicted octanol–water partition coefficient (Wildman–Crippen LogP) is 1.45. The van der Waals surface area contributed by atoms with Crippen LogP contribution >= 0.6 is 0 Å². The molecule has 0 aliphatic carbocycles. The van der Waals surface area contributed by atoms with E-state index in [1.807, 2.05) is 0 Å². The Balaban J connectivity index is 1.13. The molecular formula is C40H73N9O15Si. The smallest absolute Gasteiger partial charge is 0.246 e. The molecule has 1 aliphatic heterocycles. The van der Waals surface area contributed by atoms with Crippen molar-refractivity contribution < 1.29 is 71.2 Å². The molecule has 1 unspecified atom stereocenters. The summed E-state index contributed by atoms with van der Waals surface area (Å²) in [5.41, 5.74) is 13.6. The molecule has 372 valence electrons. The molecule has 1 amide bonds. The number of rotatable bonds is 40. The molecule has 1 saturated heterocycles. The van der Waals surface area contributed by atoms with Gasteiger partial charge in [-0.15, -0.1) is 0 Å². The number of azide groups is 1. The number of nitrogens with two attached hydrogens (primary N) is 1. The number of hydrogen-bond acceptors (Lipinski definition) is 20. The van der Waals surface area contributed by atoms with Crippen LogP contribution < -0.4 is 11.1 Å². The average molecular weight is 948 g/mol. The molecule has 1 fully saturated rings. The van der Waals surface area contributed by atoms with Crippen LogP contribution in [0.2, 0.25) is 18.1 Å². The summed E-state index contributed by atoms with van der Waals surface area (Å²) in [6, 6.07) is 0. The third-order valence-corrected chi connectivity index (χ3v) is 14.7. The number of nitrogens with one attached hydrogen (secondary N) is 1. The summed E-state index contributed by atoms with van der Waals surface area (Å²) >= 11 is 0. The predicted molar refractivity (Wildman–Crippen MR) is 238 cm³/mol. The number of imidazole rings is 1. The van der Waals surface area contributed by atoms with E-state index in [1.54, 1.807) is 4.57 Å². The van der Waals surface area contributed by atoms with Crippen LogP contribution in [0.25, 0.3) is 21.6 Å². The third-order valence-electron chi connectivity index (χ3n) is 10.2. The van der Waals surface area contributed by atoms with Gasteiger partial charge >= 0.3 is 0 Å². The summed E-state index contributed by atoms with van der Waals surface area (Å²) in [5, 5.41) is 16.4. The minimum atomic E-state index is -2.45. The van der Waals surface area contributed by atoms with Crippen LogP contribution in [0.15, 0.2) is 17.8 Å². The van der Waals surface area contributed by atoms with Crippen molar-refractivity contribution in [3.63, 3.8) is 0 Å². The van der Waals surface area contributed by atoms with E-state index >= 15 is 0 Å². The van der Waals surface area contributed by atoms with Crippen molar-refractivity contribution >= 4 is 31.2 Å². The Morgan fingerprint density at radius 1 is 0.815 bits per heavy atom. The molecule has 25 heteroatoms. The van der Waals surface area contributed by atoms with Gasteiger partial charge in [-0.1, -0.05) is 25.9 Å². The molecule has 0 aromatic carbocycles. The highest BCUT2D eigenvalue weighted by atomic mass is 28.4. The number of nitrogens with zero attached hydrogens (tertiary/aromatic N) is 7. The fourth-order valence-corrected chi connectivity index (χ4v) is 7.09. The van der Waals surface area contributed by atoms with Crippen molar-refractivity contribution in [2.45, 2.75) is 56.8 Å². The van der Waals surface area contributed by atoms with Crippen LogP contribution in [0.3, 0.4) is 0 Å². The summed E-state index contributed by atoms with van der Waals surface area (Å²) in [6.45, 7) is 19.0. The van der Waals surface area contributed by atoms with Crippen LogP contribution in [0.1, 0.15) is 20.8 Å². The minimum Gasteiger partial charge on any atom is -0.406 e. The maximum Gasteiger partial charge on any atom is 0.246 e. The van der Waals surface area contributed by atoms with E-state index in [4.69, 9.17) is 72.5 Å². The van der Waals surface area contributed by atoms with E-state index < -0.39 is 26.3 Å². The van der Waals surface area contributed by atoms with Crippen molar-refractivity contribution in [2.75, 3.05) is 171 Å². The number of fused-ring (bicyclic) bond motifs is 1. The second kappa shape index (κ2) is 32.5. The first kappa shape index (κ1) is 56.1. The number of nitrogen functional groups attached to an aromatic ring is 1. The Hall–Kier alpha value is -3.21. The van der Waals surface area contributed by atoms with Crippen molar-refractivity contribution in [1.82, 2.24) is 24.8 Å². The van der Waals surface area contributed by atoms with E-state index in [1.165, 1.54) is 12.7 Å². The molecule has 0 saturated carbocycles. The largest absolute Gasteiger partial charge is 0.406 e. The van der Waals surface area contributed by atoms with Crippen LogP contribution in [-0.4, -0.2) is 216 Å². The molecule has 3 heterocycles. The lowest BCUT2D eigenvalue weighted by Gasteiger charge is -2.44.